The van der Waals surface area contributed by atoms with Crippen molar-refractivity contribution in [2.75, 3.05) is 0 Å². The van der Waals surface area contributed by atoms with E-state index in [1.807, 2.05) is 31.3 Å². The van der Waals surface area contributed by atoms with Crippen molar-refractivity contribution >= 4 is 34.7 Å². The summed E-state index contributed by atoms with van der Waals surface area (Å²) >= 11 is 9.57. The molecule has 3 rings (SSSR count). The van der Waals surface area contributed by atoms with Gasteiger partial charge in [-0.1, -0.05) is 47.6 Å². The summed E-state index contributed by atoms with van der Waals surface area (Å²) in [6.07, 6.45) is 0.827. The quantitative estimate of drug-likeness (QED) is 0.647. The Labute approximate surface area is 137 Å². The van der Waals surface area contributed by atoms with E-state index in [-0.39, 0.29) is 0 Å². The molecule has 6 heteroatoms. The molecule has 0 saturated carbocycles. The number of thioether (sulfide) groups is 1. The molecule has 0 atom stereocenters. The van der Waals surface area contributed by atoms with Gasteiger partial charge in [0.15, 0.2) is 5.16 Å². The van der Waals surface area contributed by atoms with Crippen molar-refractivity contribution in [3.05, 3.63) is 63.1 Å². The second kappa shape index (κ2) is 6.64. The molecule has 0 aliphatic rings. The fraction of sp³-hybridized carbons (Fsp3) is 0.200. The average molecular weight is 336 g/mol. The van der Waals surface area contributed by atoms with E-state index >= 15 is 0 Å². The minimum Gasteiger partial charge on any atom is -0.309 e. The molecule has 0 aliphatic heterocycles. The molecular formula is C15H14ClN3S2. The Bertz CT molecular complexity index is 722. The van der Waals surface area contributed by atoms with Gasteiger partial charge >= 0.3 is 0 Å². The summed E-state index contributed by atoms with van der Waals surface area (Å²) in [5, 5.41) is 12.4. The largest absolute Gasteiger partial charge is 0.309 e. The second-order valence-electron chi connectivity index (χ2n) is 4.59. The summed E-state index contributed by atoms with van der Waals surface area (Å²) in [4.78, 5) is 1.30. The van der Waals surface area contributed by atoms with Gasteiger partial charge in [-0.3, -0.25) is 0 Å². The van der Waals surface area contributed by atoms with Crippen LogP contribution in [0.1, 0.15) is 16.3 Å². The van der Waals surface area contributed by atoms with Gasteiger partial charge in [-0.05, 0) is 23.1 Å². The Hall–Kier alpha value is -1.30. The maximum Gasteiger partial charge on any atom is 0.191 e. The maximum atomic E-state index is 6.18. The molecule has 0 spiro atoms. The Morgan fingerprint density at radius 3 is 2.81 bits per heavy atom. The number of hydrogen-bond acceptors (Lipinski definition) is 4. The zero-order chi connectivity index (χ0) is 14.7. The fourth-order valence-corrected chi connectivity index (χ4v) is 3.87. The third-order valence-electron chi connectivity index (χ3n) is 3.15. The Kier molecular flexibility index (Phi) is 4.63. The molecule has 108 valence electrons. The molecule has 0 saturated heterocycles. The van der Waals surface area contributed by atoms with Gasteiger partial charge < -0.3 is 4.57 Å². The molecule has 2 aromatic heterocycles. The summed E-state index contributed by atoms with van der Waals surface area (Å²) in [7, 11) is 2.01. The highest BCUT2D eigenvalue weighted by Gasteiger charge is 2.11. The molecule has 0 unspecified atom stereocenters. The van der Waals surface area contributed by atoms with Crippen LogP contribution in [0.2, 0.25) is 5.02 Å². The van der Waals surface area contributed by atoms with Crippen molar-refractivity contribution < 1.29 is 0 Å². The van der Waals surface area contributed by atoms with E-state index in [9.17, 15) is 0 Å². The lowest BCUT2D eigenvalue weighted by Gasteiger charge is -2.04. The van der Waals surface area contributed by atoms with Crippen LogP contribution in [0.25, 0.3) is 0 Å². The first kappa shape index (κ1) is 14.6. The topological polar surface area (TPSA) is 30.7 Å². The van der Waals surface area contributed by atoms with Crippen LogP contribution in [0.3, 0.4) is 0 Å². The van der Waals surface area contributed by atoms with E-state index in [2.05, 4.69) is 32.3 Å². The highest BCUT2D eigenvalue weighted by atomic mass is 35.5. The smallest absolute Gasteiger partial charge is 0.191 e. The Morgan fingerprint density at radius 1 is 1.19 bits per heavy atom. The molecule has 0 fully saturated rings. The first-order valence-electron chi connectivity index (χ1n) is 6.51. The van der Waals surface area contributed by atoms with Crippen molar-refractivity contribution in [1.82, 2.24) is 14.8 Å². The molecular weight excluding hydrogens is 322 g/mol. The fourth-order valence-electron chi connectivity index (χ4n) is 1.95. The molecule has 0 N–H and O–H groups in total. The van der Waals surface area contributed by atoms with Gasteiger partial charge in [-0.25, -0.2) is 0 Å². The maximum absolute atomic E-state index is 6.18. The lowest BCUT2D eigenvalue weighted by Crippen LogP contribution is -1.99. The van der Waals surface area contributed by atoms with Crippen LogP contribution in [0.5, 0.6) is 0 Å². The lowest BCUT2D eigenvalue weighted by molar-refractivity contribution is 0.751. The SMILES string of the molecule is Cn1c(Cc2cccs2)nnc1SCc1ccccc1Cl. The minimum atomic E-state index is 0.796. The summed E-state index contributed by atoms with van der Waals surface area (Å²) in [5.41, 5.74) is 1.12. The van der Waals surface area contributed by atoms with Crippen LogP contribution in [-0.2, 0) is 19.2 Å². The number of halogens is 1. The third kappa shape index (κ3) is 3.48. The predicted octanol–water partition coefficient (Wildman–Crippen LogP) is 4.41. The van der Waals surface area contributed by atoms with Gasteiger partial charge in [0, 0.05) is 29.1 Å². The summed E-state index contributed by atoms with van der Waals surface area (Å²) in [6.45, 7) is 0. The molecule has 2 heterocycles. The minimum absolute atomic E-state index is 0.796. The Morgan fingerprint density at radius 2 is 2.05 bits per heavy atom. The van der Waals surface area contributed by atoms with Crippen molar-refractivity contribution in [1.29, 1.82) is 0 Å². The lowest BCUT2D eigenvalue weighted by atomic mass is 10.2. The van der Waals surface area contributed by atoms with E-state index in [0.29, 0.717) is 0 Å². The van der Waals surface area contributed by atoms with Crippen molar-refractivity contribution in [2.45, 2.75) is 17.3 Å². The normalized spacial score (nSPS) is 11.0. The number of thiophene rings is 1. The van der Waals surface area contributed by atoms with Crippen LogP contribution < -0.4 is 0 Å². The highest BCUT2D eigenvalue weighted by molar-refractivity contribution is 7.98. The van der Waals surface area contributed by atoms with Gasteiger partial charge in [0.05, 0.1) is 0 Å². The highest BCUT2D eigenvalue weighted by Crippen LogP contribution is 2.26. The van der Waals surface area contributed by atoms with Gasteiger partial charge in [0.2, 0.25) is 0 Å². The van der Waals surface area contributed by atoms with Crippen LogP contribution in [0, 0.1) is 0 Å². The van der Waals surface area contributed by atoms with Crippen molar-refractivity contribution in [2.24, 2.45) is 7.05 Å². The molecule has 0 aliphatic carbocycles. The number of benzene rings is 1. The standard InChI is InChI=1S/C15H14ClN3S2/c1-19-14(9-12-6-4-8-20-12)17-18-15(19)21-10-11-5-2-3-7-13(11)16/h2-8H,9-10H2,1H3. The zero-order valence-electron chi connectivity index (χ0n) is 11.5. The van der Waals surface area contributed by atoms with Crippen LogP contribution in [-0.4, -0.2) is 14.8 Å². The van der Waals surface area contributed by atoms with Crippen LogP contribution >= 0.6 is 34.7 Å². The van der Waals surface area contributed by atoms with E-state index in [1.165, 1.54) is 4.88 Å². The van der Waals surface area contributed by atoms with Gasteiger partial charge in [0.1, 0.15) is 5.82 Å². The number of nitrogens with zero attached hydrogens (tertiary/aromatic N) is 3. The molecule has 1 aromatic carbocycles. The first-order chi connectivity index (χ1) is 10.2. The van der Waals surface area contributed by atoms with E-state index in [0.717, 1.165) is 33.7 Å². The van der Waals surface area contributed by atoms with Crippen molar-refractivity contribution in [3.8, 4) is 0 Å². The van der Waals surface area contributed by atoms with Crippen molar-refractivity contribution in [3.63, 3.8) is 0 Å². The predicted molar refractivity (Wildman–Crippen MR) is 89.1 cm³/mol. The van der Waals surface area contributed by atoms with Gasteiger partial charge in [-0.2, -0.15) is 0 Å². The molecule has 3 aromatic rings. The monoisotopic (exact) mass is 335 g/mol. The first-order valence-corrected chi connectivity index (χ1v) is 8.75. The summed E-state index contributed by atoms with van der Waals surface area (Å²) < 4.78 is 2.06. The molecule has 21 heavy (non-hydrogen) atoms. The summed E-state index contributed by atoms with van der Waals surface area (Å²) in [5.74, 6) is 1.78. The van der Waals surface area contributed by atoms with Gasteiger partial charge in [-0.15, -0.1) is 21.5 Å². The third-order valence-corrected chi connectivity index (χ3v) is 5.47. The Balaban J connectivity index is 1.69. The second-order valence-corrected chi connectivity index (χ2v) is 6.98. The van der Waals surface area contributed by atoms with E-state index in [1.54, 1.807) is 23.1 Å². The van der Waals surface area contributed by atoms with Crippen LogP contribution in [0.15, 0.2) is 46.9 Å². The molecule has 0 bridgehead atoms. The number of rotatable bonds is 5. The van der Waals surface area contributed by atoms with Gasteiger partial charge in [0.25, 0.3) is 0 Å². The number of aromatic nitrogens is 3. The molecule has 0 amide bonds. The number of hydrogen-bond donors (Lipinski definition) is 0. The molecule has 0 radical (unpaired) electrons. The van der Waals surface area contributed by atoms with Crippen LogP contribution in [0.4, 0.5) is 0 Å². The van der Waals surface area contributed by atoms with E-state index < -0.39 is 0 Å². The zero-order valence-corrected chi connectivity index (χ0v) is 13.9. The average Bonchev–Trinajstić information content (AvgIpc) is 3.11. The molecule has 3 nitrogen and oxygen atoms in total. The van der Waals surface area contributed by atoms with E-state index in [4.69, 9.17) is 11.6 Å². The summed E-state index contributed by atoms with van der Waals surface area (Å²) in [6, 6.07) is 12.1.